The van der Waals surface area contributed by atoms with Gasteiger partial charge in [-0.05, 0) is 43.3 Å². The maximum absolute atomic E-state index is 13.2. The number of carbonyl (C=O) groups excluding carboxylic acids is 1. The SMILES string of the molecule is Cc1ccc(SCc2nnc(SCC(=O)Nc3ccccc3C(F)(F)F)n2-c2ccccc2)cc1. The number of nitrogens with zero attached hydrogens (tertiary/aromatic N) is 3. The number of benzene rings is 3. The van der Waals surface area contributed by atoms with Crippen LogP contribution in [0.3, 0.4) is 0 Å². The zero-order valence-corrected chi connectivity index (χ0v) is 20.3. The van der Waals surface area contributed by atoms with Crippen molar-refractivity contribution in [2.75, 3.05) is 11.1 Å². The van der Waals surface area contributed by atoms with E-state index in [4.69, 9.17) is 0 Å². The second-order valence-electron chi connectivity index (χ2n) is 7.55. The molecule has 0 spiro atoms. The van der Waals surface area contributed by atoms with Crippen LogP contribution in [0.2, 0.25) is 0 Å². The van der Waals surface area contributed by atoms with E-state index in [9.17, 15) is 18.0 Å². The summed E-state index contributed by atoms with van der Waals surface area (Å²) in [6.45, 7) is 2.03. The summed E-state index contributed by atoms with van der Waals surface area (Å²) in [7, 11) is 0. The first-order valence-electron chi connectivity index (χ1n) is 10.6. The highest BCUT2D eigenvalue weighted by Gasteiger charge is 2.33. The molecule has 1 heterocycles. The molecule has 4 aromatic rings. The van der Waals surface area contributed by atoms with Crippen LogP contribution >= 0.6 is 23.5 Å². The van der Waals surface area contributed by atoms with Crippen LogP contribution in [0, 0.1) is 6.92 Å². The zero-order chi connectivity index (χ0) is 24.8. The lowest BCUT2D eigenvalue weighted by molar-refractivity contribution is -0.137. The molecular formula is C25H21F3N4OS2. The molecule has 35 heavy (non-hydrogen) atoms. The van der Waals surface area contributed by atoms with E-state index in [0.717, 1.165) is 28.4 Å². The van der Waals surface area contributed by atoms with Gasteiger partial charge in [0.15, 0.2) is 5.16 Å². The fourth-order valence-corrected chi connectivity index (χ4v) is 4.84. The number of rotatable bonds is 8. The van der Waals surface area contributed by atoms with E-state index in [-0.39, 0.29) is 11.4 Å². The molecule has 0 unspecified atom stereocenters. The van der Waals surface area contributed by atoms with Gasteiger partial charge in [-0.2, -0.15) is 13.2 Å². The predicted octanol–water partition coefficient (Wildman–Crippen LogP) is 6.62. The first-order valence-corrected chi connectivity index (χ1v) is 12.6. The van der Waals surface area contributed by atoms with E-state index in [0.29, 0.717) is 16.7 Å². The van der Waals surface area contributed by atoms with Gasteiger partial charge in [0.25, 0.3) is 0 Å². The molecule has 4 rings (SSSR count). The molecule has 1 N–H and O–H groups in total. The number of amides is 1. The molecule has 0 bridgehead atoms. The smallest absolute Gasteiger partial charge is 0.325 e. The van der Waals surface area contributed by atoms with E-state index in [1.54, 1.807) is 11.8 Å². The third kappa shape index (κ3) is 6.46. The van der Waals surface area contributed by atoms with Gasteiger partial charge in [-0.3, -0.25) is 9.36 Å². The van der Waals surface area contributed by atoms with Crippen LogP contribution in [-0.2, 0) is 16.7 Å². The van der Waals surface area contributed by atoms with Crippen molar-refractivity contribution in [3.63, 3.8) is 0 Å². The van der Waals surface area contributed by atoms with Crippen molar-refractivity contribution < 1.29 is 18.0 Å². The molecule has 0 radical (unpaired) electrons. The van der Waals surface area contributed by atoms with Gasteiger partial charge in [0, 0.05) is 10.6 Å². The van der Waals surface area contributed by atoms with Crippen molar-refractivity contribution >= 4 is 35.1 Å². The normalized spacial score (nSPS) is 11.4. The molecule has 0 saturated heterocycles. The van der Waals surface area contributed by atoms with E-state index in [1.165, 1.54) is 23.8 Å². The third-order valence-corrected chi connectivity index (χ3v) is 6.88. The van der Waals surface area contributed by atoms with Crippen LogP contribution < -0.4 is 5.32 Å². The van der Waals surface area contributed by atoms with Crippen molar-refractivity contribution in [1.29, 1.82) is 0 Å². The van der Waals surface area contributed by atoms with Gasteiger partial charge >= 0.3 is 6.18 Å². The third-order valence-electron chi connectivity index (χ3n) is 4.94. The first-order chi connectivity index (χ1) is 16.8. The fraction of sp³-hybridized carbons (Fsp3) is 0.160. The quantitative estimate of drug-likeness (QED) is 0.268. The number of alkyl halides is 3. The Hall–Kier alpha value is -3.24. The number of thioether (sulfide) groups is 2. The Morgan fingerprint density at radius 1 is 0.914 bits per heavy atom. The molecular weight excluding hydrogens is 493 g/mol. The summed E-state index contributed by atoms with van der Waals surface area (Å²) < 4.78 is 41.5. The van der Waals surface area contributed by atoms with Gasteiger partial charge in [-0.15, -0.1) is 22.0 Å². The average molecular weight is 515 g/mol. The highest BCUT2D eigenvalue weighted by Crippen LogP contribution is 2.35. The van der Waals surface area contributed by atoms with Gasteiger partial charge in [0.05, 0.1) is 22.8 Å². The maximum atomic E-state index is 13.2. The number of aromatic nitrogens is 3. The summed E-state index contributed by atoms with van der Waals surface area (Å²) in [4.78, 5) is 13.6. The number of anilines is 1. The van der Waals surface area contributed by atoms with Crippen LogP contribution in [0.15, 0.2) is 88.9 Å². The Balaban J connectivity index is 1.50. The molecule has 1 aromatic heterocycles. The molecule has 10 heteroatoms. The Kier molecular flexibility index (Phi) is 7.82. The molecule has 0 fully saturated rings. The minimum atomic E-state index is -4.56. The number of hydrogen-bond acceptors (Lipinski definition) is 5. The Bertz CT molecular complexity index is 1290. The molecule has 0 saturated carbocycles. The van der Waals surface area contributed by atoms with Crippen molar-refractivity contribution in [1.82, 2.24) is 14.8 Å². The lowest BCUT2D eigenvalue weighted by Gasteiger charge is -2.13. The summed E-state index contributed by atoms with van der Waals surface area (Å²) in [6.07, 6.45) is -4.56. The molecule has 3 aromatic carbocycles. The lowest BCUT2D eigenvalue weighted by atomic mass is 10.1. The van der Waals surface area contributed by atoms with Gasteiger partial charge in [0.1, 0.15) is 5.82 Å². The lowest BCUT2D eigenvalue weighted by Crippen LogP contribution is -2.18. The standard InChI is InChI=1S/C25H21F3N4OS2/c1-17-11-13-19(14-12-17)34-15-22-30-31-24(32(22)18-7-3-2-4-8-18)35-16-23(33)29-21-10-6-5-9-20(21)25(26,27)28/h2-14H,15-16H2,1H3,(H,29,33). The Labute approximate surface area is 209 Å². The van der Waals surface area contributed by atoms with E-state index in [1.807, 2.05) is 66.1 Å². The molecule has 1 amide bonds. The second-order valence-corrected chi connectivity index (χ2v) is 9.54. The average Bonchev–Trinajstić information content (AvgIpc) is 3.25. The second kappa shape index (κ2) is 11.0. The number of carbonyl (C=O) groups is 1. The zero-order valence-electron chi connectivity index (χ0n) is 18.6. The van der Waals surface area contributed by atoms with Crippen LogP contribution in [0.25, 0.3) is 5.69 Å². The van der Waals surface area contributed by atoms with Crippen LogP contribution in [0.4, 0.5) is 18.9 Å². The van der Waals surface area contributed by atoms with Gasteiger partial charge in [-0.25, -0.2) is 0 Å². The molecule has 0 atom stereocenters. The monoisotopic (exact) mass is 514 g/mol. The van der Waals surface area contributed by atoms with E-state index in [2.05, 4.69) is 15.5 Å². The molecule has 0 aliphatic carbocycles. The minimum Gasteiger partial charge on any atom is -0.325 e. The fourth-order valence-electron chi connectivity index (χ4n) is 3.26. The highest BCUT2D eigenvalue weighted by atomic mass is 32.2. The largest absolute Gasteiger partial charge is 0.418 e. The van der Waals surface area contributed by atoms with E-state index < -0.39 is 17.6 Å². The Morgan fingerprint density at radius 2 is 1.60 bits per heavy atom. The van der Waals surface area contributed by atoms with Crippen LogP contribution in [0.1, 0.15) is 17.0 Å². The molecule has 5 nitrogen and oxygen atoms in total. The van der Waals surface area contributed by atoms with Crippen molar-refractivity contribution in [3.05, 3.63) is 95.8 Å². The number of halogens is 3. The number of nitrogens with one attached hydrogen (secondary N) is 1. The molecule has 0 aliphatic heterocycles. The van der Waals surface area contributed by atoms with Gasteiger partial charge in [-0.1, -0.05) is 59.8 Å². The van der Waals surface area contributed by atoms with Crippen LogP contribution in [0.5, 0.6) is 0 Å². The molecule has 180 valence electrons. The van der Waals surface area contributed by atoms with Gasteiger partial charge < -0.3 is 5.32 Å². The van der Waals surface area contributed by atoms with Crippen molar-refractivity contribution in [3.8, 4) is 5.69 Å². The van der Waals surface area contributed by atoms with E-state index >= 15 is 0 Å². The predicted molar refractivity (Wildman–Crippen MR) is 133 cm³/mol. The first kappa shape index (κ1) is 24.9. The highest BCUT2D eigenvalue weighted by molar-refractivity contribution is 7.99. The summed E-state index contributed by atoms with van der Waals surface area (Å²) in [6, 6.07) is 22.6. The summed E-state index contributed by atoms with van der Waals surface area (Å²) in [5.41, 5.74) is 0.852. The number of aryl methyl sites for hydroxylation is 1. The number of para-hydroxylation sites is 2. The number of hydrogen-bond donors (Lipinski definition) is 1. The topological polar surface area (TPSA) is 59.8 Å². The summed E-state index contributed by atoms with van der Waals surface area (Å²) in [5, 5.41) is 11.4. The minimum absolute atomic E-state index is 0.123. The summed E-state index contributed by atoms with van der Waals surface area (Å²) >= 11 is 2.73. The molecule has 0 aliphatic rings. The Morgan fingerprint density at radius 3 is 2.31 bits per heavy atom. The van der Waals surface area contributed by atoms with Crippen molar-refractivity contribution in [2.24, 2.45) is 0 Å². The maximum Gasteiger partial charge on any atom is 0.418 e. The van der Waals surface area contributed by atoms with Crippen molar-refractivity contribution in [2.45, 2.75) is 28.9 Å². The summed E-state index contributed by atoms with van der Waals surface area (Å²) in [5.74, 6) is 0.566. The van der Waals surface area contributed by atoms with Gasteiger partial charge in [0.2, 0.25) is 5.91 Å². The van der Waals surface area contributed by atoms with Crippen LogP contribution in [-0.4, -0.2) is 26.4 Å².